The maximum absolute atomic E-state index is 6.74. The van der Waals surface area contributed by atoms with Gasteiger partial charge in [0, 0.05) is 0 Å². The lowest BCUT2D eigenvalue weighted by Gasteiger charge is -1.84. The van der Waals surface area contributed by atoms with Gasteiger partial charge in [-0.25, -0.2) is 5.41 Å². The second kappa shape index (κ2) is 2.08. The molecule has 0 unspecified atom stereocenters. The molecule has 0 atom stereocenters. The molecule has 0 bridgehead atoms. The van der Waals surface area contributed by atoms with Gasteiger partial charge in [0.25, 0.3) is 0 Å². The van der Waals surface area contributed by atoms with Crippen molar-refractivity contribution in [1.29, 1.82) is 5.41 Å². The number of amidine groups is 1. The molecule has 0 saturated carbocycles. The molecular formula is C3H9N2S+. The fraction of sp³-hybridized carbons (Fsp3) is 0.667. The third kappa shape index (κ3) is 2.08. The highest BCUT2D eigenvalue weighted by molar-refractivity contribution is 8.09. The van der Waals surface area contributed by atoms with E-state index in [9.17, 15) is 0 Å². The van der Waals surface area contributed by atoms with Gasteiger partial charge in [-0.05, 0) is 0 Å². The summed E-state index contributed by atoms with van der Waals surface area (Å²) in [6, 6.07) is 0. The average Bonchev–Trinajstić information content (AvgIpc) is 1.36. The maximum Gasteiger partial charge on any atom is 0.308 e. The fourth-order valence-corrected chi connectivity index (χ4v) is 0. The van der Waals surface area contributed by atoms with Crippen LogP contribution in [-0.4, -0.2) is 17.7 Å². The van der Waals surface area contributed by atoms with Crippen molar-refractivity contribution in [2.75, 3.05) is 12.5 Å². The van der Waals surface area contributed by atoms with Gasteiger partial charge in [0.2, 0.25) is 0 Å². The van der Waals surface area contributed by atoms with E-state index in [1.807, 2.05) is 12.5 Å². The van der Waals surface area contributed by atoms with E-state index in [0.29, 0.717) is 0 Å². The van der Waals surface area contributed by atoms with Crippen LogP contribution in [0.5, 0.6) is 0 Å². The largest absolute Gasteiger partial charge is 0.344 e. The monoisotopic (exact) mass is 105 g/mol. The van der Waals surface area contributed by atoms with Crippen molar-refractivity contribution in [3.63, 3.8) is 0 Å². The van der Waals surface area contributed by atoms with Crippen LogP contribution in [0.25, 0.3) is 0 Å². The van der Waals surface area contributed by atoms with Gasteiger partial charge in [-0.2, -0.15) is 0 Å². The predicted molar refractivity (Wildman–Crippen MR) is 31.1 cm³/mol. The zero-order valence-corrected chi connectivity index (χ0v) is 4.80. The molecule has 0 aromatic rings. The Morgan fingerprint density at radius 1 is 1.67 bits per heavy atom. The first-order chi connectivity index (χ1) is 2.64. The van der Waals surface area contributed by atoms with Crippen molar-refractivity contribution in [2.24, 2.45) is 5.73 Å². The van der Waals surface area contributed by atoms with Crippen molar-refractivity contribution in [3.8, 4) is 0 Å². The lowest BCUT2D eigenvalue weighted by atomic mass is 11.4. The summed E-state index contributed by atoms with van der Waals surface area (Å²) in [5, 5.41) is 7.03. The van der Waals surface area contributed by atoms with Crippen molar-refractivity contribution < 1.29 is 0 Å². The Kier molecular flexibility index (Phi) is 2.01. The van der Waals surface area contributed by atoms with Crippen LogP contribution in [-0.2, 0) is 10.9 Å². The molecule has 0 aliphatic heterocycles. The number of nitrogens with two attached hydrogens (primary N) is 1. The van der Waals surface area contributed by atoms with Crippen molar-refractivity contribution in [3.05, 3.63) is 0 Å². The van der Waals surface area contributed by atoms with Gasteiger partial charge < -0.3 is 5.73 Å². The molecule has 2 nitrogen and oxygen atoms in total. The van der Waals surface area contributed by atoms with Crippen LogP contribution >= 0.6 is 0 Å². The molecule has 6 heavy (non-hydrogen) atoms. The Morgan fingerprint density at radius 3 is 1.83 bits per heavy atom. The van der Waals surface area contributed by atoms with Gasteiger partial charge in [-0.1, -0.05) is 0 Å². The minimum Gasteiger partial charge on any atom is -0.344 e. The van der Waals surface area contributed by atoms with Gasteiger partial charge in [0.15, 0.2) is 0 Å². The van der Waals surface area contributed by atoms with Gasteiger partial charge in [-0.15, -0.1) is 0 Å². The third-order valence-corrected chi connectivity index (χ3v) is 1.32. The van der Waals surface area contributed by atoms with E-state index >= 15 is 0 Å². The highest BCUT2D eigenvalue weighted by Gasteiger charge is 2.03. The Balaban J connectivity index is 3.26. The first kappa shape index (κ1) is 5.82. The Morgan fingerprint density at radius 2 is 1.83 bits per heavy atom. The molecule has 0 amide bonds. The van der Waals surface area contributed by atoms with E-state index in [1.165, 1.54) is 0 Å². The first-order valence-electron chi connectivity index (χ1n) is 1.56. The molecule has 0 aromatic carbocycles. The van der Waals surface area contributed by atoms with Crippen LogP contribution in [0, 0.1) is 5.41 Å². The Labute approximate surface area is 40.6 Å². The van der Waals surface area contributed by atoms with E-state index < -0.39 is 0 Å². The Hall–Kier alpha value is -0.180. The summed E-state index contributed by atoms with van der Waals surface area (Å²) in [6.07, 6.45) is 3.84. The first-order valence-corrected chi connectivity index (χ1v) is 3.60. The topological polar surface area (TPSA) is 49.9 Å². The highest BCUT2D eigenvalue weighted by atomic mass is 32.2. The number of hydrogen-bond donors (Lipinski definition) is 2. The molecule has 3 N–H and O–H groups in total. The zero-order chi connectivity index (χ0) is 5.15. The van der Waals surface area contributed by atoms with Crippen LogP contribution in [0.3, 0.4) is 0 Å². The molecule has 0 heterocycles. The summed E-state index contributed by atoms with van der Waals surface area (Å²) in [5.74, 6) is 0. The minimum atomic E-state index is -0.00617. The third-order valence-electron chi connectivity index (χ3n) is 0.440. The van der Waals surface area contributed by atoms with Gasteiger partial charge in [-0.3, -0.25) is 0 Å². The number of rotatable bonds is 0. The van der Waals surface area contributed by atoms with Crippen molar-refractivity contribution in [1.82, 2.24) is 0 Å². The second-order valence-corrected chi connectivity index (χ2v) is 3.25. The van der Waals surface area contributed by atoms with Gasteiger partial charge >= 0.3 is 5.17 Å². The lowest BCUT2D eigenvalue weighted by Crippen LogP contribution is -2.19. The van der Waals surface area contributed by atoms with Crippen molar-refractivity contribution in [2.45, 2.75) is 0 Å². The molecule has 0 aromatic heterocycles. The van der Waals surface area contributed by atoms with Gasteiger partial charge in [0.05, 0.1) is 10.9 Å². The van der Waals surface area contributed by atoms with Crippen molar-refractivity contribution >= 4 is 16.1 Å². The predicted octanol–water partition coefficient (Wildman–Crippen LogP) is -0.242. The van der Waals surface area contributed by atoms with E-state index in [0.717, 1.165) is 0 Å². The number of nitrogens with one attached hydrogen (secondary N) is 1. The molecule has 0 radical (unpaired) electrons. The molecule has 0 aliphatic carbocycles. The SMILES string of the molecule is C[S+](C)C(=N)N. The zero-order valence-electron chi connectivity index (χ0n) is 3.99. The number of hydrogen-bond acceptors (Lipinski definition) is 1. The smallest absolute Gasteiger partial charge is 0.308 e. The molecule has 0 fully saturated rings. The van der Waals surface area contributed by atoms with E-state index in [1.54, 1.807) is 0 Å². The molecule has 0 rings (SSSR count). The lowest BCUT2D eigenvalue weighted by molar-refractivity contribution is 1.50. The van der Waals surface area contributed by atoms with Gasteiger partial charge in [0.1, 0.15) is 12.5 Å². The van der Waals surface area contributed by atoms with Crippen LogP contribution in [0.4, 0.5) is 0 Å². The van der Waals surface area contributed by atoms with E-state index in [-0.39, 0.29) is 16.1 Å². The summed E-state index contributed by atoms with van der Waals surface area (Å²) in [6.45, 7) is 0. The van der Waals surface area contributed by atoms with Crippen LogP contribution in [0.2, 0.25) is 0 Å². The standard InChI is InChI=1S/C3H9N2S/c1-6(2)3(4)5/h1-2H3,(H3,4,5)/q+1. The fourth-order valence-electron chi connectivity index (χ4n) is 0. The minimum absolute atomic E-state index is 0.00617. The van der Waals surface area contributed by atoms with Crippen LogP contribution < -0.4 is 5.73 Å². The summed E-state index contributed by atoms with van der Waals surface area (Å²) in [7, 11) is -0.00617. The molecule has 0 saturated heterocycles. The summed E-state index contributed by atoms with van der Waals surface area (Å²) < 4.78 is 0. The molecular weight excluding hydrogens is 96.1 g/mol. The van der Waals surface area contributed by atoms with Crippen LogP contribution in [0.15, 0.2) is 0 Å². The molecule has 0 spiro atoms. The van der Waals surface area contributed by atoms with E-state index in [4.69, 9.17) is 11.1 Å². The average molecular weight is 105 g/mol. The molecule has 0 aliphatic rings. The molecule has 36 valence electrons. The van der Waals surface area contributed by atoms with E-state index in [2.05, 4.69) is 0 Å². The maximum atomic E-state index is 6.74. The summed E-state index contributed by atoms with van der Waals surface area (Å²) >= 11 is 0. The normalized spacial score (nSPS) is 9.17. The molecule has 3 heteroatoms. The Bertz CT molecular complexity index is 59.8. The highest BCUT2D eigenvalue weighted by Crippen LogP contribution is 1.75. The second-order valence-electron chi connectivity index (χ2n) is 1.18. The van der Waals surface area contributed by atoms with Crippen LogP contribution in [0.1, 0.15) is 0 Å². The summed E-state index contributed by atoms with van der Waals surface area (Å²) in [4.78, 5) is 0. The quantitative estimate of drug-likeness (QED) is 0.249. The summed E-state index contributed by atoms with van der Waals surface area (Å²) in [5.41, 5.74) is 5.03.